The first-order valence-corrected chi connectivity index (χ1v) is 4.51. The van der Waals surface area contributed by atoms with Gasteiger partial charge in [-0.3, -0.25) is 5.10 Å². The number of hydrogen-bond donors (Lipinski definition) is 3. The third-order valence-corrected chi connectivity index (χ3v) is 2.24. The van der Waals surface area contributed by atoms with Crippen molar-refractivity contribution in [3.05, 3.63) is 30.0 Å². The van der Waals surface area contributed by atoms with Gasteiger partial charge in [0, 0.05) is 11.8 Å². The lowest BCUT2D eigenvalue weighted by atomic mass is 10.0. The van der Waals surface area contributed by atoms with E-state index in [0.29, 0.717) is 6.42 Å². The molecule has 2 rings (SSSR count). The molecule has 74 valence electrons. The highest BCUT2D eigenvalue weighted by Gasteiger charge is 2.07. The first-order chi connectivity index (χ1) is 6.81. The van der Waals surface area contributed by atoms with E-state index >= 15 is 0 Å². The molecule has 1 atom stereocenters. The molecule has 3 N–H and O–H groups in total. The zero-order chi connectivity index (χ0) is 9.97. The summed E-state index contributed by atoms with van der Waals surface area (Å²) >= 11 is 0. The summed E-state index contributed by atoms with van der Waals surface area (Å²) in [6.45, 7) is -0.214. The van der Waals surface area contributed by atoms with Crippen LogP contribution in [0.2, 0.25) is 0 Å². The third-order valence-electron chi connectivity index (χ3n) is 2.24. The largest absolute Gasteiger partial charge is 0.394 e. The molecule has 1 heterocycles. The molecule has 1 aromatic heterocycles. The maximum atomic E-state index is 9.33. The van der Waals surface area contributed by atoms with Crippen LogP contribution < -0.4 is 0 Å². The minimum Gasteiger partial charge on any atom is -0.394 e. The van der Waals surface area contributed by atoms with Crippen molar-refractivity contribution >= 4 is 10.9 Å². The summed E-state index contributed by atoms with van der Waals surface area (Å²) < 4.78 is 0. The molecule has 0 saturated heterocycles. The molecule has 0 spiro atoms. The van der Waals surface area contributed by atoms with Crippen LogP contribution in [-0.2, 0) is 6.42 Å². The second kappa shape index (κ2) is 3.77. The minimum atomic E-state index is -0.699. The Bertz CT molecular complexity index is 425. The van der Waals surface area contributed by atoms with Gasteiger partial charge in [-0.1, -0.05) is 12.1 Å². The number of hydrogen-bond acceptors (Lipinski definition) is 3. The van der Waals surface area contributed by atoms with Gasteiger partial charge in [-0.2, -0.15) is 5.10 Å². The summed E-state index contributed by atoms with van der Waals surface area (Å²) in [6.07, 6.45) is 1.48. The molecule has 0 amide bonds. The van der Waals surface area contributed by atoms with Crippen LogP contribution in [0.25, 0.3) is 10.9 Å². The normalized spacial score (nSPS) is 13.3. The Hall–Kier alpha value is -1.39. The van der Waals surface area contributed by atoms with Crippen LogP contribution in [0.3, 0.4) is 0 Å². The highest BCUT2D eigenvalue weighted by atomic mass is 16.3. The number of aliphatic hydroxyl groups excluding tert-OH is 2. The molecule has 0 aliphatic carbocycles. The van der Waals surface area contributed by atoms with Gasteiger partial charge >= 0.3 is 0 Å². The quantitative estimate of drug-likeness (QED) is 0.661. The van der Waals surface area contributed by atoms with Gasteiger partial charge in [0.2, 0.25) is 0 Å². The van der Waals surface area contributed by atoms with E-state index in [4.69, 9.17) is 5.11 Å². The van der Waals surface area contributed by atoms with E-state index in [1.165, 1.54) is 0 Å². The van der Waals surface area contributed by atoms with E-state index in [0.717, 1.165) is 16.5 Å². The van der Waals surface area contributed by atoms with Gasteiger partial charge in [0.1, 0.15) is 0 Å². The Kier molecular flexibility index (Phi) is 2.47. The fraction of sp³-hybridized carbons (Fsp3) is 0.300. The van der Waals surface area contributed by atoms with Crippen molar-refractivity contribution in [3.63, 3.8) is 0 Å². The van der Waals surface area contributed by atoms with Crippen molar-refractivity contribution in [1.29, 1.82) is 0 Å². The molecule has 0 aliphatic rings. The summed E-state index contributed by atoms with van der Waals surface area (Å²) in [5.41, 5.74) is 1.95. The first-order valence-electron chi connectivity index (χ1n) is 4.51. The number of fused-ring (bicyclic) bond motifs is 1. The van der Waals surface area contributed by atoms with E-state index in [1.54, 1.807) is 6.20 Å². The second-order valence-corrected chi connectivity index (χ2v) is 3.29. The van der Waals surface area contributed by atoms with Gasteiger partial charge in [-0.05, 0) is 11.6 Å². The molecule has 0 aliphatic heterocycles. The standard InChI is InChI=1S/C10H12N2O2/c13-6-8(14)4-7-2-1-3-10-9(7)5-11-12-10/h1-3,5,8,13-14H,4,6H2,(H,11,12). The number of aliphatic hydroxyl groups is 2. The number of nitrogens with zero attached hydrogens (tertiary/aromatic N) is 1. The number of aromatic nitrogens is 2. The van der Waals surface area contributed by atoms with Gasteiger partial charge in [0.25, 0.3) is 0 Å². The van der Waals surface area contributed by atoms with E-state index in [9.17, 15) is 5.11 Å². The molecule has 0 radical (unpaired) electrons. The molecule has 14 heavy (non-hydrogen) atoms. The lowest BCUT2D eigenvalue weighted by molar-refractivity contribution is 0.0957. The van der Waals surface area contributed by atoms with Crippen molar-refractivity contribution in [2.24, 2.45) is 0 Å². The number of aromatic amines is 1. The number of nitrogens with one attached hydrogen (secondary N) is 1. The van der Waals surface area contributed by atoms with E-state index in [1.807, 2.05) is 18.2 Å². The van der Waals surface area contributed by atoms with Gasteiger partial charge in [0.05, 0.1) is 24.4 Å². The molecular formula is C10H12N2O2. The van der Waals surface area contributed by atoms with Crippen molar-refractivity contribution in [2.75, 3.05) is 6.61 Å². The van der Waals surface area contributed by atoms with Crippen LogP contribution in [0.15, 0.2) is 24.4 Å². The highest BCUT2D eigenvalue weighted by molar-refractivity contribution is 5.81. The van der Waals surface area contributed by atoms with Crippen molar-refractivity contribution in [3.8, 4) is 0 Å². The maximum Gasteiger partial charge on any atom is 0.0811 e. The summed E-state index contributed by atoms with van der Waals surface area (Å²) in [5.74, 6) is 0. The molecule has 0 bridgehead atoms. The number of H-pyrrole nitrogens is 1. The van der Waals surface area contributed by atoms with Gasteiger partial charge in [0.15, 0.2) is 0 Å². The van der Waals surface area contributed by atoms with Gasteiger partial charge < -0.3 is 10.2 Å². The Balaban J connectivity index is 2.36. The molecule has 1 unspecified atom stereocenters. The highest BCUT2D eigenvalue weighted by Crippen LogP contribution is 2.17. The minimum absolute atomic E-state index is 0.214. The Morgan fingerprint density at radius 3 is 3.07 bits per heavy atom. The van der Waals surface area contributed by atoms with Gasteiger partial charge in [-0.25, -0.2) is 0 Å². The Labute approximate surface area is 81.2 Å². The van der Waals surface area contributed by atoms with Crippen molar-refractivity contribution < 1.29 is 10.2 Å². The first kappa shape index (κ1) is 9.18. The summed E-state index contributed by atoms with van der Waals surface area (Å²) in [4.78, 5) is 0. The van der Waals surface area contributed by atoms with E-state index in [-0.39, 0.29) is 6.61 Å². The fourth-order valence-electron chi connectivity index (χ4n) is 1.53. The molecule has 2 aromatic rings. The van der Waals surface area contributed by atoms with Crippen LogP contribution in [-0.4, -0.2) is 33.1 Å². The predicted octanol–water partition coefficient (Wildman–Crippen LogP) is 0.459. The average molecular weight is 192 g/mol. The Morgan fingerprint density at radius 1 is 1.43 bits per heavy atom. The molecule has 1 aromatic carbocycles. The second-order valence-electron chi connectivity index (χ2n) is 3.29. The van der Waals surface area contributed by atoms with E-state index in [2.05, 4.69) is 10.2 Å². The summed E-state index contributed by atoms with van der Waals surface area (Å²) in [6, 6.07) is 5.76. The van der Waals surface area contributed by atoms with Crippen LogP contribution in [0.1, 0.15) is 5.56 Å². The zero-order valence-corrected chi connectivity index (χ0v) is 7.64. The molecule has 0 saturated carbocycles. The summed E-state index contributed by atoms with van der Waals surface area (Å²) in [7, 11) is 0. The van der Waals surface area contributed by atoms with Crippen molar-refractivity contribution in [2.45, 2.75) is 12.5 Å². The van der Waals surface area contributed by atoms with E-state index < -0.39 is 6.10 Å². The fourth-order valence-corrected chi connectivity index (χ4v) is 1.53. The predicted molar refractivity (Wildman–Crippen MR) is 52.9 cm³/mol. The smallest absolute Gasteiger partial charge is 0.0811 e. The van der Waals surface area contributed by atoms with Crippen LogP contribution in [0.5, 0.6) is 0 Å². The van der Waals surface area contributed by atoms with Crippen LogP contribution in [0, 0.1) is 0 Å². The molecular weight excluding hydrogens is 180 g/mol. The maximum absolute atomic E-state index is 9.33. The van der Waals surface area contributed by atoms with Crippen molar-refractivity contribution in [1.82, 2.24) is 10.2 Å². The molecule has 0 fully saturated rings. The lowest BCUT2D eigenvalue weighted by Crippen LogP contribution is -2.15. The zero-order valence-electron chi connectivity index (χ0n) is 7.64. The lowest BCUT2D eigenvalue weighted by Gasteiger charge is -2.07. The SMILES string of the molecule is OCC(O)Cc1cccc2[nH]ncc12. The molecule has 4 nitrogen and oxygen atoms in total. The topological polar surface area (TPSA) is 69.1 Å². The van der Waals surface area contributed by atoms with Crippen LogP contribution >= 0.6 is 0 Å². The summed E-state index contributed by atoms with van der Waals surface area (Å²) in [5, 5.41) is 25.9. The number of rotatable bonds is 3. The molecule has 4 heteroatoms. The monoisotopic (exact) mass is 192 g/mol. The average Bonchev–Trinajstić information content (AvgIpc) is 2.66. The number of benzene rings is 1. The van der Waals surface area contributed by atoms with Gasteiger partial charge in [-0.15, -0.1) is 0 Å². The Morgan fingerprint density at radius 2 is 2.29 bits per heavy atom. The van der Waals surface area contributed by atoms with Crippen LogP contribution in [0.4, 0.5) is 0 Å². The third kappa shape index (κ3) is 1.62.